The number of ether oxygens (including phenoxy) is 1. The van der Waals surface area contributed by atoms with Gasteiger partial charge in [0.15, 0.2) is 0 Å². The molecule has 4 heteroatoms. The van der Waals surface area contributed by atoms with E-state index in [2.05, 4.69) is 0 Å². The third-order valence-corrected chi connectivity index (χ3v) is 3.10. The largest absolute Gasteiger partial charge is 0.465 e. The molecule has 0 heterocycles. The smallest absolute Gasteiger partial charge is 0.325 e. The van der Waals surface area contributed by atoms with Gasteiger partial charge in [-0.3, -0.25) is 9.59 Å². The Balaban J connectivity index is 2.96. The summed E-state index contributed by atoms with van der Waals surface area (Å²) in [6.07, 6.45) is 0.802. The van der Waals surface area contributed by atoms with Crippen LogP contribution in [0.5, 0.6) is 0 Å². The van der Waals surface area contributed by atoms with Gasteiger partial charge in [0.1, 0.15) is 6.54 Å². The molecule has 0 bridgehead atoms. The first-order valence-corrected chi connectivity index (χ1v) is 7.02. The van der Waals surface area contributed by atoms with E-state index < -0.39 is 0 Å². The fourth-order valence-corrected chi connectivity index (χ4v) is 2.19. The lowest BCUT2D eigenvalue weighted by Gasteiger charge is -2.23. The van der Waals surface area contributed by atoms with Crippen molar-refractivity contribution >= 4 is 11.9 Å². The lowest BCUT2D eigenvalue weighted by Crippen LogP contribution is -2.37. The molecule has 1 rings (SSSR count). The number of amides is 1. The number of hydrogen-bond donors (Lipinski definition) is 0. The highest BCUT2D eigenvalue weighted by atomic mass is 16.5. The molecule has 0 aliphatic heterocycles. The number of aryl methyl sites for hydroxylation is 2. The molecular weight excluding hydrogens is 254 g/mol. The number of hydrogen-bond acceptors (Lipinski definition) is 3. The lowest BCUT2D eigenvalue weighted by atomic mass is 10.0. The van der Waals surface area contributed by atoms with Crippen molar-refractivity contribution in [2.24, 2.45) is 0 Å². The van der Waals surface area contributed by atoms with Gasteiger partial charge in [0.2, 0.25) is 0 Å². The van der Waals surface area contributed by atoms with Gasteiger partial charge in [0, 0.05) is 12.1 Å². The number of carbonyl (C=O) groups excluding carboxylic acids is 2. The van der Waals surface area contributed by atoms with Crippen molar-refractivity contribution < 1.29 is 14.3 Å². The zero-order valence-corrected chi connectivity index (χ0v) is 12.7. The molecule has 0 fully saturated rings. The van der Waals surface area contributed by atoms with Crippen LogP contribution >= 0.6 is 0 Å². The summed E-state index contributed by atoms with van der Waals surface area (Å²) in [6, 6.07) is 5.75. The number of rotatable bonds is 6. The molecule has 1 aromatic carbocycles. The van der Waals surface area contributed by atoms with Gasteiger partial charge in [-0.2, -0.15) is 0 Å². The quantitative estimate of drug-likeness (QED) is 0.751. The molecule has 0 aliphatic rings. The molecule has 110 valence electrons. The van der Waals surface area contributed by atoms with E-state index in [1.54, 1.807) is 11.8 Å². The summed E-state index contributed by atoms with van der Waals surface area (Å²) in [7, 11) is 0. The van der Waals surface area contributed by atoms with E-state index in [0.29, 0.717) is 18.7 Å². The van der Waals surface area contributed by atoms with Crippen molar-refractivity contribution in [2.75, 3.05) is 19.7 Å². The average Bonchev–Trinajstić information content (AvgIpc) is 2.38. The standard InChI is InChI=1S/C16H23NO3/c1-5-10-17(11-14(18)20-6-2)16(19)15-12(3)8-7-9-13(15)4/h7-9H,5-6,10-11H2,1-4H3. The molecule has 0 saturated heterocycles. The van der Waals surface area contributed by atoms with Crippen LogP contribution in [-0.2, 0) is 9.53 Å². The summed E-state index contributed by atoms with van der Waals surface area (Å²) in [6.45, 7) is 8.45. The molecule has 4 nitrogen and oxygen atoms in total. The van der Waals surface area contributed by atoms with Gasteiger partial charge in [-0.25, -0.2) is 0 Å². The SMILES string of the molecule is CCCN(CC(=O)OCC)C(=O)c1c(C)cccc1C. The molecule has 0 aliphatic carbocycles. The van der Waals surface area contributed by atoms with Crippen LogP contribution in [-0.4, -0.2) is 36.5 Å². The highest BCUT2D eigenvalue weighted by molar-refractivity contribution is 5.98. The summed E-state index contributed by atoms with van der Waals surface area (Å²) in [5.74, 6) is -0.462. The molecule has 0 aromatic heterocycles. The predicted molar refractivity (Wildman–Crippen MR) is 78.7 cm³/mol. The van der Waals surface area contributed by atoms with Crippen LogP contribution in [0.2, 0.25) is 0 Å². The zero-order valence-electron chi connectivity index (χ0n) is 12.7. The Morgan fingerprint density at radius 3 is 2.25 bits per heavy atom. The van der Waals surface area contributed by atoms with E-state index in [1.165, 1.54) is 0 Å². The van der Waals surface area contributed by atoms with Crippen LogP contribution in [0.15, 0.2) is 18.2 Å². The van der Waals surface area contributed by atoms with Crippen molar-refractivity contribution in [1.82, 2.24) is 4.90 Å². The van der Waals surface area contributed by atoms with Gasteiger partial charge in [-0.05, 0) is 38.3 Å². The topological polar surface area (TPSA) is 46.6 Å². The predicted octanol–water partition coefficient (Wildman–Crippen LogP) is 2.72. The fraction of sp³-hybridized carbons (Fsp3) is 0.500. The van der Waals surface area contributed by atoms with Gasteiger partial charge in [0.25, 0.3) is 5.91 Å². The van der Waals surface area contributed by atoms with Gasteiger partial charge in [-0.1, -0.05) is 25.1 Å². The Hall–Kier alpha value is -1.84. The average molecular weight is 277 g/mol. The first kappa shape index (κ1) is 16.2. The molecule has 0 N–H and O–H groups in total. The Bertz CT molecular complexity index is 462. The first-order valence-electron chi connectivity index (χ1n) is 7.02. The molecule has 0 radical (unpaired) electrons. The second-order valence-corrected chi connectivity index (χ2v) is 4.80. The van der Waals surface area contributed by atoms with E-state index in [1.807, 2.05) is 39.0 Å². The van der Waals surface area contributed by atoms with Crippen LogP contribution < -0.4 is 0 Å². The minimum absolute atomic E-state index is 0.00822. The van der Waals surface area contributed by atoms with E-state index >= 15 is 0 Å². The van der Waals surface area contributed by atoms with Crippen molar-refractivity contribution in [2.45, 2.75) is 34.1 Å². The monoisotopic (exact) mass is 277 g/mol. The highest BCUT2D eigenvalue weighted by Crippen LogP contribution is 2.16. The van der Waals surface area contributed by atoms with Gasteiger partial charge < -0.3 is 9.64 Å². The molecular formula is C16H23NO3. The second kappa shape index (κ2) is 7.68. The molecule has 0 spiro atoms. The van der Waals surface area contributed by atoms with Crippen LogP contribution in [0.4, 0.5) is 0 Å². The number of benzene rings is 1. The second-order valence-electron chi connectivity index (χ2n) is 4.80. The van der Waals surface area contributed by atoms with Crippen LogP contribution in [0.3, 0.4) is 0 Å². The van der Waals surface area contributed by atoms with Crippen molar-refractivity contribution in [1.29, 1.82) is 0 Å². The Labute approximate surface area is 120 Å². The van der Waals surface area contributed by atoms with E-state index in [-0.39, 0.29) is 18.4 Å². The maximum absolute atomic E-state index is 12.6. The Morgan fingerprint density at radius 2 is 1.75 bits per heavy atom. The Morgan fingerprint density at radius 1 is 1.15 bits per heavy atom. The third-order valence-electron chi connectivity index (χ3n) is 3.10. The minimum Gasteiger partial charge on any atom is -0.465 e. The highest BCUT2D eigenvalue weighted by Gasteiger charge is 2.21. The lowest BCUT2D eigenvalue weighted by molar-refractivity contribution is -0.143. The normalized spacial score (nSPS) is 10.2. The molecule has 1 amide bonds. The summed E-state index contributed by atoms with van der Waals surface area (Å²) < 4.78 is 4.93. The van der Waals surface area contributed by atoms with Crippen molar-refractivity contribution in [3.63, 3.8) is 0 Å². The van der Waals surface area contributed by atoms with Gasteiger partial charge in [0.05, 0.1) is 6.61 Å². The minimum atomic E-state index is -0.361. The summed E-state index contributed by atoms with van der Waals surface area (Å²) in [5, 5.41) is 0. The van der Waals surface area contributed by atoms with Crippen molar-refractivity contribution in [3.8, 4) is 0 Å². The van der Waals surface area contributed by atoms with Gasteiger partial charge in [-0.15, -0.1) is 0 Å². The van der Waals surface area contributed by atoms with Crippen LogP contribution in [0, 0.1) is 13.8 Å². The Kier molecular flexibility index (Phi) is 6.22. The van der Waals surface area contributed by atoms with E-state index in [9.17, 15) is 9.59 Å². The van der Waals surface area contributed by atoms with Crippen LogP contribution in [0.1, 0.15) is 41.8 Å². The van der Waals surface area contributed by atoms with E-state index in [4.69, 9.17) is 4.74 Å². The van der Waals surface area contributed by atoms with Crippen molar-refractivity contribution in [3.05, 3.63) is 34.9 Å². The van der Waals surface area contributed by atoms with Crippen LogP contribution in [0.25, 0.3) is 0 Å². The molecule has 20 heavy (non-hydrogen) atoms. The molecule has 0 saturated carbocycles. The first-order chi connectivity index (χ1) is 9.51. The molecule has 1 aromatic rings. The third kappa shape index (κ3) is 4.08. The van der Waals surface area contributed by atoms with Gasteiger partial charge >= 0.3 is 5.97 Å². The number of nitrogens with zero attached hydrogens (tertiary/aromatic N) is 1. The fourth-order valence-electron chi connectivity index (χ4n) is 2.19. The molecule has 0 unspecified atom stereocenters. The maximum Gasteiger partial charge on any atom is 0.325 e. The summed E-state index contributed by atoms with van der Waals surface area (Å²) >= 11 is 0. The molecule has 0 atom stereocenters. The maximum atomic E-state index is 12.6. The van der Waals surface area contributed by atoms with E-state index in [0.717, 1.165) is 17.5 Å². The number of carbonyl (C=O) groups is 2. The zero-order chi connectivity index (χ0) is 15.1. The summed E-state index contributed by atoms with van der Waals surface area (Å²) in [5.41, 5.74) is 2.55. The summed E-state index contributed by atoms with van der Waals surface area (Å²) in [4.78, 5) is 25.8. The number of esters is 1.